The molecule has 31 heavy (non-hydrogen) atoms. The summed E-state index contributed by atoms with van der Waals surface area (Å²) in [7, 11) is 0. The van der Waals surface area contributed by atoms with Crippen molar-refractivity contribution in [1.82, 2.24) is 20.3 Å². The Hall–Kier alpha value is -2.88. The van der Waals surface area contributed by atoms with Gasteiger partial charge in [-0.1, -0.05) is 26.8 Å². The highest BCUT2D eigenvalue weighted by Crippen LogP contribution is 2.25. The summed E-state index contributed by atoms with van der Waals surface area (Å²) in [5.41, 5.74) is 3.15. The fourth-order valence-corrected chi connectivity index (χ4v) is 3.43. The van der Waals surface area contributed by atoms with E-state index in [2.05, 4.69) is 10.3 Å². The highest BCUT2D eigenvalue weighted by atomic mass is 19.1. The Labute approximate surface area is 178 Å². The summed E-state index contributed by atoms with van der Waals surface area (Å²) in [6.07, 6.45) is 3.28. The minimum Gasteiger partial charge on any atom is -0.395 e. The number of carbonyl (C=O) groups excluding carboxylic acids is 1. The van der Waals surface area contributed by atoms with Crippen LogP contribution in [0.25, 0.3) is 10.9 Å². The van der Waals surface area contributed by atoms with Gasteiger partial charge >= 0.3 is 0 Å². The van der Waals surface area contributed by atoms with Crippen LogP contribution in [0.5, 0.6) is 0 Å². The molecule has 166 valence electrons. The van der Waals surface area contributed by atoms with Gasteiger partial charge in [-0.05, 0) is 23.1 Å². The van der Waals surface area contributed by atoms with Gasteiger partial charge in [0, 0.05) is 35.8 Å². The second-order valence-electron chi connectivity index (χ2n) is 8.53. The number of nitrogens with zero attached hydrogens (tertiary/aromatic N) is 2. The first-order chi connectivity index (χ1) is 14.6. The molecule has 7 nitrogen and oxygen atoms in total. The summed E-state index contributed by atoms with van der Waals surface area (Å²) in [5, 5.41) is 22.7. The lowest BCUT2D eigenvalue weighted by Crippen LogP contribution is -2.42. The molecule has 2 heterocycles. The second-order valence-corrected chi connectivity index (χ2v) is 8.53. The van der Waals surface area contributed by atoms with Crippen molar-refractivity contribution >= 4 is 16.8 Å². The molecule has 0 aliphatic heterocycles. The van der Waals surface area contributed by atoms with Crippen molar-refractivity contribution in [3.05, 3.63) is 65.1 Å². The van der Waals surface area contributed by atoms with E-state index in [1.807, 2.05) is 20.8 Å². The van der Waals surface area contributed by atoms with E-state index in [0.717, 1.165) is 11.6 Å². The molecule has 2 aromatic heterocycles. The Balaban J connectivity index is 2.01. The lowest BCUT2D eigenvalue weighted by atomic mass is 9.87. The Bertz CT molecular complexity index is 1090. The normalized spacial score (nSPS) is 12.9. The molecule has 0 unspecified atom stereocenters. The number of carbonyl (C=O) groups is 1. The number of hydrogen-bond acceptors (Lipinski definition) is 5. The van der Waals surface area contributed by atoms with Gasteiger partial charge in [0.05, 0.1) is 24.9 Å². The molecule has 0 spiro atoms. The maximum absolute atomic E-state index is 14.2. The summed E-state index contributed by atoms with van der Waals surface area (Å²) >= 11 is 0. The zero-order chi connectivity index (χ0) is 22.8. The fourth-order valence-electron chi connectivity index (χ4n) is 3.43. The van der Waals surface area contributed by atoms with Crippen LogP contribution in [0.2, 0.25) is 0 Å². The van der Waals surface area contributed by atoms with Gasteiger partial charge in [-0.2, -0.15) is 0 Å². The van der Waals surface area contributed by atoms with Crippen molar-refractivity contribution in [3.63, 3.8) is 0 Å². The van der Waals surface area contributed by atoms with Crippen molar-refractivity contribution in [1.29, 1.82) is 0 Å². The van der Waals surface area contributed by atoms with Crippen LogP contribution < -0.4 is 10.8 Å². The third kappa shape index (κ3) is 5.07. The number of aromatic nitrogens is 2. The molecule has 0 saturated heterocycles. The van der Waals surface area contributed by atoms with Crippen molar-refractivity contribution in [2.75, 3.05) is 6.61 Å². The van der Waals surface area contributed by atoms with Gasteiger partial charge in [0.15, 0.2) is 0 Å². The van der Waals surface area contributed by atoms with E-state index in [1.54, 1.807) is 22.3 Å². The summed E-state index contributed by atoms with van der Waals surface area (Å²) in [6, 6.07) is 4.78. The fraction of sp³-hybridized carbons (Fsp3) is 0.364. The first-order valence-corrected chi connectivity index (χ1v) is 9.84. The molecule has 1 amide bonds. The van der Waals surface area contributed by atoms with Crippen molar-refractivity contribution < 1.29 is 23.9 Å². The van der Waals surface area contributed by atoms with Crippen molar-refractivity contribution in [2.24, 2.45) is 5.41 Å². The highest BCUT2D eigenvalue weighted by molar-refractivity contribution is 5.96. The van der Waals surface area contributed by atoms with E-state index in [4.69, 9.17) is 5.21 Å². The number of nitrogens with one attached hydrogen (secondary N) is 2. The van der Waals surface area contributed by atoms with Crippen LogP contribution in [-0.4, -0.2) is 38.4 Å². The Morgan fingerprint density at radius 1 is 1.23 bits per heavy atom. The Kier molecular flexibility index (Phi) is 6.68. The predicted molar refractivity (Wildman–Crippen MR) is 112 cm³/mol. The SMILES string of the molecule is CC(C)(C)[C@@H](CO)NCc1cn(Cc2ccc(F)cc2F)c2cnc(C(=O)NO)cc12. The van der Waals surface area contributed by atoms with E-state index in [0.29, 0.717) is 23.0 Å². The maximum atomic E-state index is 14.2. The lowest BCUT2D eigenvalue weighted by molar-refractivity contribution is 0.0701. The standard InChI is InChI=1S/C22H26F2N4O3/c1-22(2,3)20(12-29)26-8-14-11-28(10-13-4-5-15(23)6-17(13)24)19-9-25-18(7-16(14)19)21(30)27-31/h4-7,9,11,20,26,29,31H,8,10,12H2,1-3H3,(H,27,30)/t20-/m1/s1. The number of aliphatic hydroxyl groups is 1. The van der Waals surface area contributed by atoms with Crippen LogP contribution in [0.4, 0.5) is 8.78 Å². The van der Waals surface area contributed by atoms with Gasteiger partial charge < -0.3 is 15.0 Å². The van der Waals surface area contributed by atoms with Crippen LogP contribution in [0.15, 0.2) is 36.7 Å². The van der Waals surface area contributed by atoms with Crippen LogP contribution in [0, 0.1) is 17.0 Å². The predicted octanol–water partition coefficient (Wildman–Crippen LogP) is 2.98. The van der Waals surface area contributed by atoms with Gasteiger partial charge in [0.1, 0.15) is 17.3 Å². The molecule has 1 atom stereocenters. The molecule has 0 fully saturated rings. The van der Waals surface area contributed by atoms with E-state index in [9.17, 15) is 18.7 Å². The zero-order valence-corrected chi connectivity index (χ0v) is 17.6. The molecule has 0 aliphatic carbocycles. The largest absolute Gasteiger partial charge is 0.395 e. The first-order valence-electron chi connectivity index (χ1n) is 9.84. The number of amides is 1. The van der Waals surface area contributed by atoms with E-state index in [1.165, 1.54) is 18.3 Å². The molecule has 0 saturated carbocycles. The molecule has 0 bridgehead atoms. The average Bonchev–Trinajstić information content (AvgIpc) is 3.05. The lowest BCUT2D eigenvalue weighted by Gasteiger charge is -2.30. The molecular weight excluding hydrogens is 406 g/mol. The third-order valence-corrected chi connectivity index (χ3v) is 5.31. The first kappa shape index (κ1) is 22.8. The van der Waals surface area contributed by atoms with Gasteiger partial charge in [0.25, 0.3) is 5.91 Å². The summed E-state index contributed by atoms with van der Waals surface area (Å²) in [5.74, 6) is -2.05. The highest BCUT2D eigenvalue weighted by Gasteiger charge is 2.24. The number of rotatable bonds is 7. The van der Waals surface area contributed by atoms with Gasteiger partial charge in [-0.25, -0.2) is 19.2 Å². The molecule has 3 aromatic rings. The van der Waals surface area contributed by atoms with E-state index >= 15 is 0 Å². The molecule has 0 aliphatic rings. The van der Waals surface area contributed by atoms with Gasteiger partial charge in [0.2, 0.25) is 0 Å². The summed E-state index contributed by atoms with van der Waals surface area (Å²) in [4.78, 5) is 15.9. The Morgan fingerprint density at radius 3 is 2.58 bits per heavy atom. The maximum Gasteiger partial charge on any atom is 0.293 e. The van der Waals surface area contributed by atoms with Crippen LogP contribution in [-0.2, 0) is 13.1 Å². The number of benzene rings is 1. The zero-order valence-electron chi connectivity index (χ0n) is 17.6. The van der Waals surface area contributed by atoms with Crippen LogP contribution >= 0.6 is 0 Å². The van der Waals surface area contributed by atoms with E-state index in [-0.39, 0.29) is 30.3 Å². The molecule has 1 aromatic carbocycles. The average molecular weight is 432 g/mol. The summed E-state index contributed by atoms with van der Waals surface area (Å²) < 4.78 is 29.2. The van der Waals surface area contributed by atoms with Crippen molar-refractivity contribution in [3.8, 4) is 0 Å². The molecular formula is C22H26F2N4O3. The minimum absolute atomic E-state index is 0.0245. The molecule has 0 radical (unpaired) electrons. The second kappa shape index (κ2) is 9.09. The van der Waals surface area contributed by atoms with Gasteiger partial charge in [-0.15, -0.1) is 0 Å². The molecule has 9 heteroatoms. The number of pyridine rings is 1. The van der Waals surface area contributed by atoms with Crippen molar-refractivity contribution in [2.45, 2.75) is 39.9 Å². The number of hydroxylamine groups is 1. The number of aliphatic hydroxyl groups excluding tert-OH is 1. The quantitative estimate of drug-likeness (QED) is 0.340. The molecule has 3 rings (SSSR count). The van der Waals surface area contributed by atoms with Crippen LogP contribution in [0.1, 0.15) is 42.4 Å². The topological polar surface area (TPSA) is 99.4 Å². The van der Waals surface area contributed by atoms with E-state index < -0.39 is 17.5 Å². The minimum atomic E-state index is -0.749. The van der Waals surface area contributed by atoms with Crippen LogP contribution in [0.3, 0.4) is 0 Å². The monoisotopic (exact) mass is 432 g/mol. The van der Waals surface area contributed by atoms with Gasteiger partial charge in [-0.3, -0.25) is 10.0 Å². The Morgan fingerprint density at radius 2 is 1.97 bits per heavy atom. The summed E-state index contributed by atoms with van der Waals surface area (Å²) in [6.45, 7) is 6.49. The smallest absolute Gasteiger partial charge is 0.293 e. The molecule has 4 N–H and O–H groups in total. The number of hydrogen-bond donors (Lipinski definition) is 4. The third-order valence-electron chi connectivity index (χ3n) is 5.31. The number of fused-ring (bicyclic) bond motifs is 1. The number of halogens is 2.